The van der Waals surface area contributed by atoms with Gasteiger partial charge in [-0.25, -0.2) is 4.79 Å². The van der Waals surface area contributed by atoms with Crippen LogP contribution in [0.2, 0.25) is 0 Å². The van der Waals surface area contributed by atoms with Gasteiger partial charge in [0, 0.05) is 18.6 Å². The fraction of sp³-hybridized carbons (Fsp3) is 0.929. The van der Waals surface area contributed by atoms with Gasteiger partial charge in [0.05, 0.1) is 31.0 Å². The quantitative estimate of drug-likeness (QED) is 0.0918. The van der Waals surface area contributed by atoms with Crippen molar-refractivity contribution in [3.63, 3.8) is 0 Å². The van der Waals surface area contributed by atoms with E-state index in [0.29, 0.717) is 18.4 Å². The van der Waals surface area contributed by atoms with Gasteiger partial charge in [0.1, 0.15) is 73.8 Å². The summed E-state index contributed by atoms with van der Waals surface area (Å²) < 4.78 is 46.6. The van der Waals surface area contributed by atoms with E-state index < -0.39 is 111 Å². The Morgan fingerprint density at radius 3 is 2.10 bits per heavy atom. The lowest BCUT2D eigenvalue weighted by atomic mass is 9.43. The highest BCUT2D eigenvalue weighted by molar-refractivity contribution is 5.85. The smallest absolute Gasteiger partial charge is 0.331 e. The van der Waals surface area contributed by atoms with Crippen molar-refractivity contribution in [1.29, 1.82) is 0 Å². The molecule has 342 valence electrons. The lowest BCUT2D eigenvalue weighted by Gasteiger charge is -2.64. The van der Waals surface area contributed by atoms with Crippen molar-refractivity contribution >= 4 is 5.97 Å². The highest BCUT2D eigenvalue weighted by Gasteiger charge is 2.68. The van der Waals surface area contributed by atoms with Crippen molar-refractivity contribution in [3.05, 3.63) is 11.6 Å². The van der Waals surface area contributed by atoms with Crippen LogP contribution in [0, 0.1) is 34.5 Å². The van der Waals surface area contributed by atoms with Gasteiger partial charge in [-0.15, -0.1) is 0 Å². The highest BCUT2D eigenvalue weighted by Crippen LogP contribution is 2.70. The monoisotopic (exact) mass is 858 g/mol. The summed E-state index contributed by atoms with van der Waals surface area (Å²) in [5.74, 6) is 0.725. The van der Waals surface area contributed by atoms with E-state index in [2.05, 4.69) is 13.8 Å². The summed E-state index contributed by atoms with van der Waals surface area (Å²) in [5, 5.41) is 96.6. The first-order valence-electron chi connectivity index (χ1n) is 21.8. The molecular formula is C42H66O18. The average Bonchev–Trinajstić information content (AvgIpc) is 3.78. The summed E-state index contributed by atoms with van der Waals surface area (Å²) in [4.78, 5) is 12.0. The van der Waals surface area contributed by atoms with Crippen LogP contribution in [-0.4, -0.2) is 183 Å². The largest absolute Gasteiger partial charge is 0.458 e. The number of ether oxygens (including phenoxy) is 8. The predicted molar refractivity (Wildman–Crippen MR) is 203 cm³/mol. The van der Waals surface area contributed by atoms with Gasteiger partial charge in [0.25, 0.3) is 0 Å². The minimum Gasteiger partial charge on any atom is -0.458 e. The minimum atomic E-state index is -1.77. The Morgan fingerprint density at radius 1 is 0.733 bits per heavy atom. The zero-order valence-electron chi connectivity index (χ0n) is 34.8. The first kappa shape index (κ1) is 45.1. The lowest BCUT2D eigenvalue weighted by molar-refractivity contribution is -0.367. The molecule has 0 amide bonds. The zero-order valence-corrected chi connectivity index (χ0v) is 34.8. The van der Waals surface area contributed by atoms with Crippen LogP contribution in [-0.2, 0) is 42.7 Å². The van der Waals surface area contributed by atoms with Gasteiger partial charge >= 0.3 is 5.97 Å². The van der Waals surface area contributed by atoms with Crippen LogP contribution in [0.15, 0.2) is 11.6 Å². The van der Waals surface area contributed by atoms with E-state index in [1.54, 1.807) is 13.0 Å². The van der Waals surface area contributed by atoms with E-state index in [-0.39, 0.29) is 34.7 Å². The molecule has 8 aliphatic rings. The van der Waals surface area contributed by atoms with Crippen LogP contribution in [0.1, 0.15) is 78.6 Å². The summed E-state index contributed by atoms with van der Waals surface area (Å²) in [6.45, 7) is 5.42. The molecule has 3 saturated heterocycles. The van der Waals surface area contributed by atoms with Crippen molar-refractivity contribution < 1.29 is 88.6 Å². The SMILES string of the molecule is CO[C@@H]1[C@@H](O)[C@@H](O[C@H]2CC[C@@]3(C)[C@H](CC[C@@H]4[C@@H]3CC[C@]3(C)C(C5=CC(=O)OC5)CC[C@]43O)C2)O[C@@H](C)[C@H]1O[C@@H]1O[C@H](CO[C@@H]2O[C@H](CO)[C@@H](O)[C@H](O)[C@H]2O)[C@@H](O)[C@H](O)[C@H]1O. The van der Waals surface area contributed by atoms with Crippen molar-refractivity contribution in [3.8, 4) is 0 Å². The van der Waals surface area contributed by atoms with Crippen LogP contribution < -0.4 is 0 Å². The van der Waals surface area contributed by atoms with E-state index in [0.717, 1.165) is 63.4 Å². The standard InChI is InChI=1S/C42H66O18/c1-18-35(60-38-33(50)31(48)29(46)26(59-38)17-55-37-32(49)30(47)28(45)25(15-43)58-37)36(53-4)34(51)39(56-18)57-21-7-10-40(2)20(14-21)5-6-24-23(40)8-11-41(3)22(9-12-42(24,41)52)19-13-27(44)54-16-19/h13,18,20-26,28-39,43,45-52H,5-12,14-17H2,1-4H3/t18-,20+,21-,22?,23-,24+,25+,26+,28+,29+,30-,31-,32+,33+,34+,35+,36+,37+,38-,39+,40-,41+,42-/m0/s1. The predicted octanol–water partition coefficient (Wildman–Crippen LogP) is -1.24. The number of cyclic esters (lactones) is 1. The average molecular weight is 859 g/mol. The maximum atomic E-state index is 12.6. The second-order valence-corrected chi connectivity index (χ2v) is 19.4. The molecule has 0 aromatic carbocycles. The molecule has 0 spiro atoms. The van der Waals surface area contributed by atoms with E-state index in [4.69, 9.17) is 37.9 Å². The summed E-state index contributed by atoms with van der Waals surface area (Å²) >= 11 is 0. The van der Waals surface area contributed by atoms with Crippen molar-refractivity contribution in [2.24, 2.45) is 34.5 Å². The van der Waals surface area contributed by atoms with Gasteiger partial charge in [0.2, 0.25) is 0 Å². The molecule has 8 rings (SSSR count). The molecule has 23 atom stereocenters. The fourth-order valence-electron chi connectivity index (χ4n) is 13.0. The molecule has 4 aliphatic carbocycles. The molecule has 18 nitrogen and oxygen atoms in total. The van der Waals surface area contributed by atoms with E-state index in [9.17, 15) is 50.8 Å². The minimum absolute atomic E-state index is 0.00760. The first-order chi connectivity index (χ1) is 28.4. The highest BCUT2D eigenvalue weighted by atomic mass is 16.8. The van der Waals surface area contributed by atoms with Gasteiger partial charge in [-0.3, -0.25) is 0 Å². The van der Waals surface area contributed by atoms with Crippen LogP contribution in [0.25, 0.3) is 0 Å². The number of esters is 1. The van der Waals surface area contributed by atoms with Gasteiger partial charge < -0.3 is 83.9 Å². The number of hydrogen-bond donors (Lipinski definition) is 9. The van der Waals surface area contributed by atoms with E-state index in [1.165, 1.54) is 7.11 Å². The Labute approximate surface area is 349 Å². The molecular weight excluding hydrogens is 792 g/mol. The maximum Gasteiger partial charge on any atom is 0.331 e. The third-order valence-electron chi connectivity index (χ3n) is 16.5. The number of carbonyl (C=O) groups is 1. The zero-order chi connectivity index (χ0) is 43.1. The number of fused-ring (bicyclic) bond motifs is 5. The van der Waals surface area contributed by atoms with Crippen molar-refractivity contribution in [2.45, 2.75) is 182 Å². The molecule has 60 heavy (non-hydrogen) atoms. The van der Waals surface area contributed by atoms with Crippen LogP contribution in [0.4, 0.5) is 0 Å². The molecule has 0 aromatic heterocycles. The fourth-order valence-corrected chi connectivity index (χ4v) is 13.0. The van der Waals surface area contributed by atoms with Crippen LogP contribution >= 0.6 is 0 Å². The van der Waals surface area contributed by atoms with Crippen LogP contribution in [0.3, 0.4) is 0 Å². The molecule has 4 aliphatic heterocycles. The Morgan fingerprint density at radius 2 is 1.42 bits per heavy atom. The van der Waals surface area contributed by atoms with Gasteiger partial charge in [-0.05, 0) is 99.4 Å². The number of hydrogen-bond acceptors (Lipinski definition) is 18. The van der Waals surface area contributed by atoms with Gasteiger partial charge in [-0.2, -0.15) is 0 Å². The number of methoxy groups -OCH3 is 1. The Hall–Kier alpha value is -1.43. The van der Waals surface area contributed by atoms with Crippen molar-refractivity contribution in [1.82, 2.24) is 0 Å². The second-order valence-electron chi connectivity index (χ2n) is 19.4. The second kappa shape index (κ2) is 17.2. The number of aliphatic hydroxyl groups is 9. The molecule has 9 N–H and O–H groups in total. The number of rotatable bonds is 10. The summed E-state index contributed by atoms with van der Waals surface area (Å²) in [6, 6.07) is 0. The Balaban J connectivity index is 0.875. The molecule has 0 bridgehead atoms. The maximum absolute atomic E-state index is 12.6. The molecule has 4 saturated carbocycles. The molecule has 18 heteroatoms. The number of carbonyl (C=O) groups excluding carboxylic acids is 1. The third-order valence-corrected chi connectivity index (χ3v) is 16.5. The lowest BCUT2D eigenvalue weighted by Crippen LogP contribution is -2.65. The molecule has 0 radical (unpaired) electrons. The van der Waals surface area contributed by atoms with E-state index in [1.807, 2.05) is 0 Å². The number of aliphatic hydroxyl groups excluding tert-OH is 8. The van der Waals surface area contributed by atoms with E-state index >= 15 is 0 Å². The summed E-state index contributed by atoms with van der Waals surface area (Å²) in [7, 11) is 1.39. The molecule has 7 fully saturated rings. The Kier molecular flexibility index (Phi) is 12.9. The normalized spacial score (nSPS) is 54.4. The topological polar surface area (TPSA) is 273 Å². The molecule has 0 aromatic rings. The van der Waals surface area contributed by atoms with Gasteiger partial charge in [0.15, 0.2) is 18.9 Å². The molecule has 1 unspecified atom stereocenters. The molecule has 4 heterocycles. The summed E-state index contributed by atoms with van der Waals surface area (Å²) in [6.07, 6.45) is -11.9. The Bertz CT molecular complexity index is 1570. The third kappa shape index (κ3) is 7.50. The first-order valence-corrected chi connectivity index (χ1v) is 21.8. The summed E-state index contributed by atoms with van der Waals surface area (Å²) in [5.41, 5.74) is -0.0850. The van der Waals surface area contributed by atoms with Crippen LogP contribution in [0.5, 0.6) is 0 Å². The van der Waals surface area contributed by atoms with Gasteiger partial charge in [-0.1, -0.05) is 13.8 Å². The van der Waals surface area contributed by atoms with Crippen molar-refractivity contribution in [2.75, 3.05) is 26.9 Å².